The molecule has 11 heavy (non-hydrogen) atoms. The second-order valence-electron chi connectivity index (χ2n) is 2.65. The second-order valence-corrected chi connectivity index (χ2v) is 2.65. The topological polar surface area (TPSA) is 4.36 Å². The number of nitrogens with zero attached hydrogens (tertiary/aromatic N) is 1. The highest BCUT2D eigenvalue weighted by atomic mass is 14.6. The molecule has 1 atom stereocenters. The summed E-state index contributed by atoms with van der Waals surface area (Å²) < 4.78 is 0. The molecule has 0 amide bonds. The summed E-state index contributed by atoms with van der Waals surface area (Å²) in [6.07, 6.45) is 0. The Bertz CT molecular complexity index is 245. The molecule has 0 radical (unpaired) electrons. The molecule has 1 aromatic carbocycles. The normalized spacial score (nSPS) is 12.0. The van der Waals surface area contributed by atoms with Crippen LogP contribution in [0, 0.1) is 6.57 Å². The van der Waals surface area contributed by atoms with Crippen LogP contribution in [-0.4, -0.2) is 6.54 Å². The highest BCUT2D eigenvalue weighted by Gasteiger charge is 2.05. The van der Waals surface area contributed by atoms with Crippen molar-refractivity contribution < 1.29 is 0 Å². The van der Waals surface area contributed by atoms with Gasteiger partial charge in [-0.15, -0.1) is 0 Å². The summed E-state index contributed by atoms with van der Waals surface area (Å²) in [5, 5.41) is 0. The summed E-state index contributed by atoms with van der Waals surface area (Å²) in [6.45, 7) is 9.37. The van der Waals surface area contributed by atoms with Gasteiger partial charge in [0.15, 0.2) is 0 Å². The predicted molar refractivity (Wildman–Crippen MR) is 46.3 cm³/mol. The van der Waals surface area contributed by atoms with E-state index in [4.69, 9.17) is 6.57 Å². The number of benzene rings is 1. The monoisotopic (exact) mass is 145 g/mol. The highest BCUT2D eigenvalue weighted by molar-refractivity contribution is 5.19. The van der Waals surface area contributed by atoms with Crippen molar-refractivity contribution in [1.82, 2.24) is 0 Å². The van der Waals surface area contributed by atoms with Gasteiger partial charge in [-0.25, -0.2) is 6.57 Å². The summed E-state index contributed by atoms with van der Waals surface area (Å²) in [5.41, 5.74) is 1.25. The molecule has 0 aliphatic carbocycles. The molecular weight excluding hydrogens is 134 g/mol. The smallest absolute Gasteiger partial charge is 0.221 e. The zero-order valence-electron chi connectivity index (χ0n) is 6.62. The number of rotatable bonds is 2. The standard InChI is InChI=1S/C10H11N/c1-9(8-11-2)10-6-4-3-5-7-10/h3-7,9H,8H2,1H3/t9-/m0/s1. The van der Waals surface area contributed by atoms with Gasteiger partial charge >= 0.3 is 0 Å². The zero-order valence-corrected chi connectivity index (χ0v) is 6.62. The van der Waals surface area contributed by atoms with Crippen LogP contribution in [0.3, 0.4) is 0 Å². The van der Waals surface area contributed by atoms with Gasteiger partial charge in [-0.3, -0.25) is 0 Å². The molecule has 0 unspecified atom stereocenters. The molecule has 0 aromatic heterocycles. The van der Waals surface area contributed by atoms with Crippen LogP contribution in [-0.2, 0) is 0 Å². The molecule has 0 saturated heterocycles. The second kappa shape index (κ2) is 3.78. The zero-order chi connectivity index (χ0) is 8.10. The lowest BCUT2D eigenvalue weighted by Gasteiger charge is -2.02. The Kier molecular flexibility index (Phi) is 2.68. The van der Waals surface area contributed by atoms with Gasteiger partial charge in [0, 0.05) is 0 Å². The lowest BCUT2D eigenvalue weighted by atomic mass is 10.0. The van der Waals surface area contributed by atoms with E-state index in [1.165, 1.54) is 5.56 Å². The van der Waals surface area contributed by atoms with Crippen molar-refractivity contribution in [3.05, 3.63) is 47.3 Å². The largest absolute Gasteiger partial charge is 0.316 e. The number of hydrogen-bond acceptors (Lipinski definition) is 0. The van der Waals surface area contributed by atoms with Crippen LogP contribution < -0.4 is 0 Å². The van der Waals surface area contributed by atoms with Crippen molar-refractivity contribution in [2.75, 3.05) is 6.54 Å². The van der Waals surface area contributed by atoms with Gasteiger partial charge in [0.25, 0.3) is 0 Å². The molecule has 0 aliphatic rings. The Morgan fingerprint density at radius 1 is 1.36 bits per heavy atom. The summed E-state index contributed by atoms with van der Waals surface area (Å²) in [5.74, 6) is 0.369. The van der Waals surface area contributed by atoms with Gasteiger partial charge in [-0.05, 0) is 5.56 Å². The Balaban J connectivity index is 2.70. The van der Waals surface area contributed by atoms with Crippen molar-refractivity contribution in [1.29, 1.82) is 0 Å². The van der Waals surface area contributed by atoms with Crippen LogP contribution in [0.25, 0.3) is 4.85 Å². The van der Waals surface area contributed by atoms with Gasteiger partial charge in [0.2, 0.25) is 6.54 Å². The quantitative estimate of drug-likeness (QED) is 0.563. The summed E-state index contributed by atoms with van der Waals surface area (Å²) in [7, 11) is 0. The van der Waals surface area contributed by atoms with E-state index in [2.05, 4.69) is 23.9 Å². The SMILES string of the molecule is [C-]#[N+]C[C@H](C)c1ccccc1. The van der Waals surface area contributed by atoms with Crippen LogP contribution in [0.1, 0.15) is 18.4 Å². The van der Waals surface area contributed by atoms with E-state index in [0.29, 0.717) is 12.5 Å². The summed E-state index contributed by atoms with van der Waals surface area (Å²) in [4.78, 5) is 3.36. The third-order valence-corrected chi connectivity index (χ3v) is 1.73. The lowest BCUT2D eigenvalue weighted by molar-refractivity contribution is 0.834. The van der Waals surface area contributed by atoms with Gasteiger partial charge in [0.1, 0.15) is 0 Å². The predicted octanol–water partition coefficient (Wildman–Crippen LogP) is 2.71. The maximum atomic E-state index is 6.71. The summed E-state index contributed by atoms with van der Waals surface area (Å²) >= 11 is 0. The minimum absolute atomic E-state index is 0.369. The average Bonchev–Trinajstić information content (AvgIpc) is 2.07. The third kappa shape index (κ3) is 2.09. The Labute approximate surface area is 67.5 Å². The van der Waals surface area contributed by atoms with Gasteiger partial charge < -0.3 is 4.85 Å². The van der Waals surface area contributed by atoms with Crippen molar-refractivity contribution >= 4 is 0 Å². The van der Waals surface area contributed by atoms with Crippen LogP contribution in [0.5, 0.6) is 0 Å². The molecule has 0 aliphatic heterocycles. The molecule has 1 rings (SSSR count). The molecule has 1 heteroatoms. The molecule has 0 saturated carbocycles. The minimum Gasteiger partial charge on any atom is -0.316 e. The van der Waals surface area contributed by atoms with E-state index >= 15 is 0 Å². The van der Waals surface area contributed by atoms with Crippen LogP contribution in [0.2, 0.25) is 0 Å². The van der Waals surface area contributed by atoms with Crippen LogP contribution in [0.4, 0.5) is 0 Å². The first kappa shape index (κ1) is 7.81. The average molecular weight is 145 g/mol. The maximum absolute atomic E-state index is 6.71. The molecule has 56 valence electrons. The maximum Gasteiger partial charge on any atom is 0.221 e. The third-order valence-electron chi connectivity index (χ3n) is 1.73. The fraction of sp³-hybridized carbons (Fsp3) is 0.300. The van der Waals surface area contributed by atoms with Gasteiger partial charge in [-0.2, -0.15) is 0 Å². The fourth-order valence-corrected chi connectivity index (χ4v) is 1.02. The number of hydrogen-bond donors (Lipinski definition) is 0. The minimum atomic E-state index is 0.369. The Hall–Kier alpha value is -1.29. The van der Waals surface area contributed by atoms with E-state index in [9.17, 15) is 0 Å². The van der Waals surface area contributed by atoms with Crippen LogP contribution >= 0.6 is 0 Å². The van der Waals surface area contributed by atoms with Crippen molar-refractivity contribution in [2.24, 2.45) is 0 Å². The molecule has 0 heterocycles. The first-order valence-electron chi connectivity index (χ1n) is 3.72. The molecule has 0 bridgehead atoms. The van der Waals surface area contributed by atoms with Crippen molar-refractivity contribution in [3.8, 4) is 0 Å². The van der Waals surface area contributed by atoms with E-state index in [0.717, 1.165) is 0 Å². The molecule has 1 nitrogen and oxygen atoms in total. The Morgan fingerprint density at radius 3 is 2.55 bits per heavy atom. The molecule has 1 aromatic rings. The van der Waals surface area contributed by atoms with Gasteiger partial charge in [-0.1, -0.05) is 37.3 Å². The fourth-order valence-electron chi connectivity index (χ4n) is 1.02. The van der Waals surface area contributed by atoms with E-state index in [-0.39, 0.29) is 0 Å². The molecule has 0 spiro atoms. The van der Waals surface area contributed by atoms with Crippen LogP contribution in [0.15, 0.2) is 30.3 Å². The molecule has 0 fully saturated rings. The van der Waals surface area contributed by atoms with Crippen molar-refractivity contribution in [2.45, 2.75) is 12.8 Å². The van der Waals surface area contributed by atoms with Gasteiger partial charge in [0.05, 0.1) is 5.92 Å². The van der Waals surface area contributed by atoms with E-state index < -0.39 is 0 Å². The summed E-state index contributed by atoms with van der Waals surface area (Å²) in [6, 6.07) is 10.1. The molecule has 0 N–H and O–H groups in total. The van der Waals surface area contributed by atoms with Crippen molar-refractivity contribution in [3.63, 3.8) is 0 Å². The first-order valence-corrected chi connectivity index (χ1v) is 3.72. The lowest BCUT2D eigenvalue weighted by Crippen LogP contribution is -1.94. The Morgan fingerprint density at radius 2 is 2.00 bits per heavy atom. The highest BCUT2D eigenvalue weighted by Crippen LogP contribution is 2.13. The molecular formula is C10H11N. The van der Waals surface area contributed by atoms with E-state index in [1.807, 2.05) is 18.2 Å². The van der Waals surface area contributed by atoms with E-state index in [1.54, 1.807) is 0 Å². The first-order chi connectivity index (χ1) is 5.34.